The Bertz CT molecular complexity index is 590. The second-order valence-corrected chi connectivity index (χ2v) is 8.71. The average molecular weight is 330 g/mol. The highest BCUT2D eigenvalue weighted by atomic mass is 16.5. The van der Waals surface area contributed by atoms with E-state index in [1.807, 2.05) is 6.92 Å². The molecule has 0 saturated heterocycles. The number of fused-ring (bicyclic) bond motifs is 4. The molecule has 0 spiro atoms. The van der Waals surface area contributed by atoms with Crippen LogP contribution in [-0.2, 0) is 14.3 Å². The standard InChI is InChI=1S/C21H30O3/c1-3-20(23)24-19-9-8-18-17-6-4-13-12-14(22)5-7-15(13)16(17)10-11-21(18,19)2/h16-19H,3-12H2,1-2H3/t16-,17-,18+,19+,21+/m1/s1. The van der Waals surface area contributed by atoms with E-state index in [0.717, 1.165) is 38.0 Å². The number of rotatable bonds is 2. The molecular weight excluding hydrogens is 300 g/mol. The van der Waals surface area contributed by atoms with Crippen LogP contribution in [0.2, 0.25) is 0 Å². The van der Waals surface area contributed by atoms with E-state index >= 15 is 0 Å². The predicted octanol–water partition coefficient (Wildman–Crippen LogP) is 4.59. The van der Waals surface area contributed by atoms with E-state index < -0.39 is 0 Å². The summed E-state index contributed by atoms with van der Waals surface area (Å²) in [6, 6.07) is 0. The molecule has 4 aliphatic rings. The lowest BCUT2D eigenvalue weighted by Crippen LogP contribution is -2.46. The van der Waals surface area contributed by atoms with Crippen LogP contribution in [0, 0.1) is 23.2 Å². The summed E-state index contributed by atoms with van der Waals surface area (Å²) in [4.78, 5) is 23.6. The van der Waals surface area contributed by atoms with E-state index in [2.05, 4.69) is 6.92 Å². The summed E-state index contributed by atoms with van der Waals surface area (Å²) >= 11 is 0. The summed E-state index contributed by atoms with van der Waals surface area (Å²) in [5, 5.41) is 0. The molecular formula is C21H30O3. The summed E-state index contributed by atoms with van der Waals surface area (Å²) < 4.78 is 5.84. The third kappa shape index (κ3) is 2.46. The molecule has 3 heteroatoms. The summed E-state index contributed by atoms with van der Waals surface area (Å²) in [6.07, 6.45) is 10.1. The first-order valence-electron chi connectivity index (χ1n) is 9.95. The van der Waals surface area contributed by atoms with E-state index in [1.165, 1.54) is 31.3 Å². The number of carbonyl (C=O) groups excluding carboxylic acids is 2. The maximum Gasteiger partial charge on any atom is 0.305 e. The number of carbonyl (C=O) groups is 2. The van der Waals surface area contributed by atoms with Gasteiger partial charge in [0.25, 0.3) is 0 Å². The number of ether oxygens (including phenoxy) is 1. The SMILES string of the molecule is CCC(=O)O[C@H]1CC[C@H]2[C@@H]3CCC4=C(CCC(=O)C4)[C@H]3CC[C@]12C. The zero-order valence-corrected chi connectivity index (χ0v) is 15.1. The van der Waals surface area contributed by atoms with Gasteiger partial charge in [-0.1, -0.05) is 25.0 Å². The monoisotopic (exact) mass is 330 g/mol. The molecule has 0 amide bonds. The Labute approximate surface area is 145 Å². The lowest BCUT2D eigenvalue weighted by atomic mass is 9.54. The molecule has 0 aromatic carbocycles. The largest absolute Gasteiger partial charge is 0.462 e. The van der Waals surface area contributed by atoms with E-state index in [0.29, 0.717) is 24.0 Å². The van der Waals surface area contributed by atoms with Crippen molar-refractivity contribution in [1.29, 1.82) is 0 Å². The lowest BCUT2D eigenvalue weighted by Gasteiger charge is -2.51. The van der Waals surface area contributed by atoms with E-state index in [4.69, 9.17) is 4.74 Å². The Balaban J connectivity index is 1.56. The first kappa shape index (κ1) is 16.4. The van der Waals surface area contributed by atoms with Crippen LogP contribution >= 0.6 is 0 Å². The number of hydrogen-bond donors (Lipinski definition) is 0. The van der Waals surface area contributed by atoms with Gasteiger partial charge in [-0.2, -0.15) is 0 Å². The van der Waals surface area contributed by atoms with Gasteiger partial charge in [-0.3, -0.25) is 9.59 Å². The molecule has 2 fully saturated rings. The molecule has 4 rings (SSSR count). The molecule has 5 atom stereocenters. The summed E-state index contributed by atoms with van der Waals surface area (Å²) in [7, 11) is 0. The van der Waals surface area contributed by atoms with Crippen molar-refractivity contribution in [2.24, 2.45) is 23.2 Å². The zero-order valence-electron chi connectivity index (χ0n) is 15.1. The van der Waals surface area contributed by atoms with Crippen LogP contribution in [0.4, 0.5) is 0 Å². The number of ketones is 1. The van der Waals surface area contributed by atoms with Crippen LogP contribution in [0.25, 0.3) is 0 Å². The fourth-order valence-electron chi connectivity index (χ4n) is 6.44. The molecule has 0 bridgehead atoms. The van der Waals surface area contributed by atoms with Crippen LogP contribution in [0.3, 0.4) is 0 Å². The third-order valence-corrected chi connectivity index (χ3v) is 7.68. The number of allylic oxidation sites excluding steroid dienone is 2. The van der Waals surface area contributed by atoms with Crippen molar-refractivity contribution in [3.8, 4) is 0 Å². The first-order chi connectivity index (χ1) is 11.5. The Kier molecular flexibility index (Phi) is 4.09. The highest BCUT2D eigenvalue weighted by molar-refractivity contribution is 5.82. The highest BCUT2D eigenvalue weighted by Crippen LogP contribution is 2.61. The van der Waals surface area contributed by atoms with Crippen LogP contribution in [0.5, 0.6) is 0 Å². The Morgan fingerprint density at radius 1 is 1.17 bits per heavy atom. The van der Waals surface area contributed by atoms with Gasteiger partial charge in [-0.25, -0.2) is 0 Å². The summed E-state index contributed by atoms with van der Waals surface area (Å²) in [5.41, 5.74) is 3.32. The smallest absolute Gasteiger partial charge is 0.305 e. The van der Waals surface area contributed by atoms with Crippen LogP contribution in [0.1, 0.15) is 78.1 Å². The molecule has 132 valence electrons. The fraction of sp³-hybridized carbons (Fsp3) is 0.810. The lowest BCUT2D eigenvalue weighted by molar-refractivity contribution is -0.157. The second-order valence-electron chi connectivity index (χ2n) is 8.71. The summed E-state index contributed by atoms with van der Waals surface area (Å²) in [6.45, 7) is 4.26. The van der Waals surface area contributed by atoms with E-state index in [9.17, 15) is 9.59 Å². The molecule has 0 aliphatic heterocycles. The normalized spacial score (nSPS) is 41.5. The Hall–Kier alpha value is -1.12. The van der Waals surface area contributed by atoms with Crippen LogP contribution in [0.15, 0.2) is 11.1 Å². The first-order valence-corrected chi connectivity index (χ1v) is 9.95. The molecule has 0 aromatic rings. The van der Waals surface area contributed by atoms with Gasteiger partial charge in [0.05, 0.1) is 0 Å². The van der Waals surface area contributed by atoms with E-state index in [1.54, 1.807) is 5.57 Å². The fourth-order valence-corrected chi connectivity index (χ4v) is 6.44. The van der Waals surface area contributed by atoms with Gasteiger partial charge < -0.3 is 4.74 Å². The molecule has 0 aromatic heterocycles. The van der Waals surface area contributed by atoms with Crippen LogP contribution < -0.4 is 0 Å². The maximum atomic E-state index is 11.8. The number of esters is 1. The van der Waals surface area contributed by atoms with Crippen molar-refractivity contribution in [1.82, 2.24) is 0 Å². The van der Waals surface area contributed by atoms with Gasteiger partial charge in [-0.05, 0) is 62.7 Å². The Morgan fingerprint density at radius 2 is 2.00 bits per heavy atom. The minimum absolute atomic E-state index is 0.0385. The Morgan fingerprint density at radius 3 is 2.79 bits per heavy atom. The van der Waals surface area contributed by atoms with E-state index in [-0.39, 0.29) is 17.5 Å². The van der Waals surface area contributed by atoms with Crippen molar-refractivity contribution >= 4 is 11.8 Å². The number of hydrogen-bond acceptors (Lipinski definition) is 3. The molecule has 24 heavy (non-hydrogen) atoms. The quantitative estimate of drug-likeness (QED) is 0.549. The van der Waals surface area contributed by atoms with Crippen molar-refractivity contribution in [2.75, 3.05) is 0 Å². The van der Waals surface area contributed by atoms with Gasteiger partial charge in [0, 0.05) is 24.7 Å². The summed E-state index contributed by atoms with van der Waals surface area (Å²) in [5.74, 6) is 2.56. The maximum absolute atomic E-state index is 11.8. The molecule has 0 radical (unpaired) electrons. The third-order valence-electron chi connectivity index (χ3n) is 7.68. The van der Waals surface area contributed by atoms with Crippen molar-refractivity contribution in [2.45, 2.75) is 84.2 Å². The molecule has 0 heterocycles. The minimum atomic E-state index is -0.0385. The molecule has 0 unspecified atom stereocenters. The van der Waals surface area contributed by atoms with Gasteiger partial charge in [0.15, 0.2) is 0 Å². The zero-order chi connectivity index (χ0) is 16.9. The molecule has 3 nitrogen and oxygen atoms in total. The van der Waals surface area contributed by atoms with Gasteiger partial charge in [-0.15, -0.1) is 0 Å². The van der Waals surface area contributed by atoms with Gasteiger partial charge in [0.2, 0.25) is 0 Å². The highest BCUT2D eigenvalue weighted by Gasteiger charge is 2.56. The average Bonchev–Trinajstić information content (AvgIpc) is 2.90. The van der Waals surface area contributed by atoms with Crippen molar-refractivity contribution < 1.29 is 14.3 Å². The van der Waals surface area contributed by atoms with Gasteiger partial charge >= 0.3 is 5.97 Å². The minimum Gasteiger partial charge on any atom is -0.462 e. The topological polar surface area (TPSA) is 43.4 Å². The van der Waals surface area contributed by atoms with Gasteiger partial charge in [0.1, 0.15) is 11.9 Å². The van der Waals surface area contributed by atoms with Crippen molar-refractivity contribution in [3.05, 3.63) is 11.1 Å². The molecule has 2 saturated carbocycles. The molecule has 0 N–H and O–H groups in total. The predicted molar refractivity (Wildman–Crippen MR) is 92.3 cm³/mol. The second kappa shape index (κ2) is 6.00. The molecule has 4 aliphatic carbocycles. The van der Waals surface area contributed by atoms with Crippen LogP contribution in [-0.4, -0.2) is 17.9 Å². The number of Topliss-reactive ketones (excluding diaryl/α,β-unsaturated/α-hetero) is 1. The van der Waals surface area contributed by atoms with Crippen molar-refractivity contribution in [3.63, 3.8) is 0 Å².